The van der Waals surface area contributed by atoms with Crippen LogP contribution in [0.25, 0.3) is 0 Å². The predicted octanol–water partition coefficient (Wildman–Crippen LogP) is 19.3. The van der Waals surface area contributed by atoms with E-state index in [-0.39, 0.29) is 12.5 Å². The summed E-state index contributed by atoms with van der Waals surface area (Å²) in [4.78, 5) is 12.5. The molecule has 4 nitrogen and oxygen atoms in total. The highest BCUT2D eigenvalue weighted by atomic mass is 16.3. The first-order valence-corrected chi connectivity index (χ1v) is 29.2. The number of allylic oxidation sites excluding steroid dienone is 5. The molecular weight excluding hydrogens is 783 g/mol. The van der Waals surface area contributed by atoms with E-state index in [2.05, 4.69) is 43.5 Å². The summed E-state index contributed by atoms with van der Waals surface area (Å²) in [6.07, 6.45) is 76.0. The van der Waals surface area contributed by atoms with Crippen molar-refractivity contribution < 1.29 is 15.0 Å². The maximum atomic E-state index is 12.5. The van der Waals surface area contributed by atoms with Gasteiger partial charge in [0.2, 0.25) is 5.91 Å². The molecule has 0 aliphatic carbocycles. The highest BCUT2D eigenvalue weighted by Crippen LogP contribution is 2.17. The molecule has 0 saturated heterocycles. The largest absolute Gasteiger partial charge is 0.394 e. The minimum Gasteiger partial charge on any atom is -0.394 e. The molecule has 0 aliphatic heterocycles. The van der Waals surface area contributed by atoms with Crippen molar-refractivity contribution in [3.8, 4) is 0 Å². The highest BCUT2D eigenvalue weighted by molar-refractivity contribution is 5.76. The molecule has 0 spiro atoms. The van der Waals surface area contributed by atoms with Gasteiger partial charge in [0.1, 0.15) is 0 Å². The maximum absolute atomic E-state index is 12.5. The van der Waals surface area contributed by atoms with E-state index in [4.69, 9.17) is 0 Å². The van der Waals surface area contributed by atoms with Crippen LogP contribution >= 0.6 is 0 Å². The molecule has 0 radical (unpaired) electrons. The Kier molecular flexibility index (Phi) is 54.7. The lowest BCUT2D eigenvalue weighted by Crippen LogP contribution is -2.45. The van der Waals surface area contributed by atoms with Gasteiger partial charge in [-0.1, -0.05) is 301 Å². The van der Waals surface area contributed by atoms with E-state index in [9.17, 15) is 15.0 Å². The van der Waals surface area contributed by atoms with Gasteiger partial charge in [-0.15, -0.1) is 0 Å². The third-order valence-corrected chi connectivity index (χ3v) is 13.6. The van der Waals surface area contributed by atoms with Crippen LogP contribution in [0.4, 0.5) is 0 Å². The van der Waals surface area contributed by atoms with E-state index in [1.165, 1.54) is 270 Å². The molecule has 2 unspecified atom stereocenters. The third kappa shape index (κ3) is 51.6. The fraction of sp³-hybridized carbons (Fsp3) is 0.883. The van der Waals surface area contributed by atoms with E-state index < -0.39 is 12.1 Å². The lowest BCUT2D eigenvalue weighted by Gasteiger charge is -2.20. The number of rotatable bonds is 54. The van der Waals surface area contributed by atoms with Gasteiger partial charge in [0, 0.05) is 6.42 Å². The molecule has 0 saturated carbocycles. The van der Waals surface area contributed by atoms with Gasteiger partial charge in [-0.3, -0.25) is 4.79 Å². The molecule has 64 heavy (non-hydrogen) atoms. The zero-order valence-electron chi connectivity index (χ0n) is 43.6. The summed E-state index contributed by atoms with van der Waals surface area (Å²) in [6, 6.07) is -0.622. The summed E-state index contributed by atoms with van der Waals surface area (Å²) in [5.74, 6) is -0.0595. The zero-order chi connectivity index (χ0) is 46.3. The number of hydrogen-bond acceptors (Lipinski definition) is 3. The van der Waals surface area contributed by atoms with Crippen LogP contribution in [-0.2, 0) is 4.79 Å². The zero-order valence-corrected chi connectivity index (χ0v) is 43.6. The van der Waals surface area contributed by atoms with Crippen molar-refractivity contribution in [1.82, 2.24) is 5.32 Å². The normalized spacial score (nSPS) is 13.0. The number of amides is 1. The van der Waals surface area contributed by atoms with Crippen LogP contribution in [0.2, 0.25) is 0 Å². The van der Waals surface area contributed by atoms with Crippen molar-refractivity contribution in [3.63, 3.8) is 0 Å². The van der Waals surface area contributed by atoms with E-state index in [1.807, 2.05) is 6.08 Å². The Labute approximate surface area is 402 Å². The van der Waals surface area contributed by atoms with Gasteiger partial charge in [-0.2, -0.15) is 0 Å². The number of nitrogens with one attached hydrogen (secondary N) is 1. The van der Waals surface area contributed by atoms with E-state index in [1.54, 1.807) is 6.08 Å². The molecule has 0 rings (SSSR count). The predicted molar refractivity (Wildman–Crippen MR) is 285 cm³/mol. The molecule has 0 aromatic rings. The van der Waals surface area contributed by atoms with Crippen molar-refractivity contribution in [2.75, 3.05) is 6.61 Å². The molecule has 3 N–H and O–H groups in total. The van der Waals surface area contributed by atoms with Gasteiger partial charge in [0.25, 0.3) is 0 Å². The Bertz CT molecular complexity index is 974. The molecule has 2 atom stereocenters. The topological polar surface area (TPSA) is 69.6 Å². The average Bonchev–Trinajstić information content (AvgIpc) is 3.30. The Morgan fingerprint density at radius 2 is 0.641 bits per heavy atom. The van der Waals surface area contributed by atoms with Gasteiger partial charge < -0.3 is 15.5 Å². The molecular formula is C60H115NO3. The summed E-state index contributed by atoms with van der Waals surface area (Å²) in [7, 11) is 0. The summed E-state index contributed by atoms with van der Waals surface area (Å²) in [5.41, 5.74) is 0. The molecule has 0 fully saturated rings. The quantitative estimate of drug-likeness (QED) is 0.0421. The molecule has 0 heterocycles. The minimum absolute atomic E-state index is 0.0595. The van der Waals surface area contributed by atoms with Gasteiger partial charge in [0.05, 0.1) is 18.8 Å². The third-order valence-electron chi connectivity index (χ3n) is 13.6. The fourth-order valence-electron chi connectivity index (χ4n) is 9.15. The lowest BCUT2D eigenvalue weighted by molar-refractivity contribution is -0.123. The first kappa shape index (κ1) is 62.6. The number of unbranched alkanes of at least 4 members (excludes halogenated alkanes) is 43. The van der Waals surface area contributed by atoms with Crippen molar-refractivity contribution in [2.45, 2.75) is 334 Å². The number of carbonyl (C=O) groups excluding carboxylic acids is 1. The number of hydrogen-bond donors (Lipinski definition) is 3. The Balaban J connectivity index is 3.47. The van der Waals surface area contributed by atoms with Crippen LogP contribution in [0.3, 0.4) is 0 Å². The van der Waals surface area contributed by atoms with E-state index in [0.29, 0.717) is 6.42 Å². The van der Waals surface area contributed by atoms with Crippen LogP contribution < -0.4 is 5.32 Å². The summed E-state index contributed by atoms with van der Waals surface area (Å²) < 4.78 is 0. The summed E-state index contributed by atoms with van der Waals surface area (Å²) in [6.45, 7) is 4.34. The van der Waals surface area contributed by atoms with Gasteiger partial charge in [-0.05, 0) is 51.4 Å². The SMILES string of the molecule is CCCCCCCCCCC/C=C\C/C=C\CCCCCCCCCCCCCCCCCC(=O)NC(CO)C(O)/C=C/CCCCCCCCCCCCCCCCCCCCC. The first-order chi connectivity index (χ1) is 31.7. The Hall–Kier alpha value is -1.39. The van der Waals surface area contributed by atoms with Crippen LogP contribution in [0.5, 0.6) is 0 Å². The van der Waals surface area contributed by atoms with Crippen LogP contribution in [0, 0.1) is 0 Å². The van der Waals surface area contributed by atoms with Crippen molar-refractivity contribution in [2.24, 2.45) is 0 Å². The molecule has 0 aromatic heterocycles. The highest BCUT2D eigenvalue weighted by Gasteiger charge is 2.18. The summed E-state index contributed by atoms with van der Waals surface area (Å²) in [5, 5.41) is 23.2. The number of aliphatic hydroxyl groups excluding tert-OH is 2. The standard InChI is InChI=1S/C60H115NO3/c1-3-5-7-9-11-13-15-17-19-21-23-25-26-27-28-29-30-31-32-33-34-36-38-40-42-44-46-48-50-52-54-56-60(64)61-58(57-62)59(63)55-53-51-49-47-45-43-41-39-37-35-24-22-20-18-16-14-12-10-8-6-4-2/h23,25,27-28,53,55,58-59,62-63H,3-22,24,26,29-52,54,56-57H2,1-2H3,(H,61,64)/b25-23-,28-27-,55-53+. The molecule has 4 heteroatoms. The van der Waals surface area contributed by atoms with Gasteiger partial charge >= 0.3 is 0 Å². The van der Waals surface area contributed by atoms with Crippen molar-refractivity contribution in [3.05, 3.63) is 36.5 Å². The number of carbonyl (C=O) groups is 1. The minimum atomic E-state index is -0.839. The van der Waals surface area contributed by atoms with E-state index in [0.717, 1.165) is 32.1 Å². The second-order valence-electron chi connectivity index (χ2n) is 20.1. The lowest BCUT2D eigenvalue weighted by atomic mass is 10.0. The monoisotopic (exact) mass is 898 g/mol. The first-order valence-electron chi connectivity index (χ1n) is 29.2. The van der Waals surface area contributed by atoms with Gasteiger partial charge in [0.15, 0.2) is 0 Å². The van der Waals surface area contributed by atoms with Gasteiger partial charge in [-0.25, -0.2) is 0 Å². The van der Waals surface area contributed by atoms with E-state index >= 15 is 0 Å². The molecule has 0 bridgehead atoms. The summed E-state index contributed by atoms with van der Waals surface area (Å²) >= 11 is 0. The second kappa shape index (κ2) is 55.9. The fourth-order valence-corrected chi connectivity index (χ4v) is 9.15. The average molecular weight is 899 g/mol. The molecule has 378 valence electrons. The number of aliphatic hydroxyl groups is 2. The van der Waals surface area contributed by atoms with Crippen LogP contribution in [0.1, 0.15) is 322 Å². The molecule has 1 amide bonds. The Morgan fingerprint density at radius 1 is 0.375 bits per heavy atom. The van der Waals surface area contributed by atoms with Crippen LogP contribution in [0.15, 0.2) is 36.5 Å². The second-order valence-corrected chi connectivity index (χ2v) is 20.1. The molecule has 0 aromatic carbocycles. The molecule has 0 aliphatic rings. The smallest absolute Gasteiger partial charge is 0.220 e. The van der Waals surface area contributed by atoms with Crippen molar-refractivity contribution >= 4 is 5.91 Å². The maximum Gasteiger partial charge on any atom is 0.220 e. The Morgan fingerprint density at radius 3 is 0.938 bits per heavy atom. The van der Waals surface area contributed by atoms with Crippen LogP contribution in [-0.4, -0.2) is 34.9 Å². The van der Waals surface area contributed by atoms with Crippen molar-refractivity contribution in [1.29, 1.82) is 0 Å².